The molecule has 0 aliphatic carbocycles. The molecule has 1 aliphatic heterocycles. The minimum Gasteiger partial charge on any atom is -0.256 e. The second-order valence-corrected chi connectivity index (χ2v) is 7.25. The van der Waals surface area contributed by atoms with Crippen LogP contribution in [-0.4, -0.2) is 5.71 Å². The summed E-state index contributed by atoms with van der Waals surface area (Å²) < 4.78 is 0. The van der Waals surface area contributed by atoms with E-state index in [4.69, 9.17) is 28.3 Å². The van der Waals surface area contributed by atoms with E-state index in [-0.39, 0.29) is 6.04 Å². The second kappa shape index (κ2) is 7.99. The molecule has 1 heterocycles. The Hall–Kier alpha value is -2.55. The maximum absolute atomic E-state index is 6.46. The summed E-state index contributed by atoms with van der Waals surface area (Å²) in [4.78, 5) is 0. The lowest BCUT2D eigenvalue weighted by Crippen LogP contribution is -2.18. The van der Waals surface area contributed by atoms with Crippen LogP contribution in [-0.2, 0) is 0 Å². The number of nitrogens with zero attached hydrogens (tertiary/aromatic N) is 2. The normalized spacial score (nSPS) is 16.7. The van der Waals surface area contributed by atoms with E-state index >= 15 is 0 Å². The molecule has 0 spiro atoms. The van der Waals surface area contributed by atoms with Crippen molar-refractivity contribution in [3.05, 3.63) is 106 Å². The van der Waals surface area contributed by atoms with Crippen molar-refractivity contribution in [3.63, 3.8) is 0 Å². The summed E-state index contributed by atoms with van der Waals surface area (Å²) >= 11 is 12.7. The van der Waals surface area contributed by atoms with Crippen LogP contribution in [0.15, 0.2) is 90.0 Å². The third kappa shape index (κ3) is 4.08. The first kappa shape index (κ1) is 17.8. The van der Waals surface area contributed by atoms with Gasteiger partial charge in [-0.3, -0.25) is 5.01 Å². The number of allylic oxidation sites excluding steroid dienone is 1. The molecule has 0 amide bonds. The van der Waals surface area contributed by atoms with Crippen LogP contribution in [0.3, 0.4) is 0 Å². The molecule has 3 aromatic rings. The van der Waals surface area contributed by atoms with Crippen molar-refractivity contribution in [2.75, 3.05) is 5.01 Å². The van der Waals surface area contributed by atoms with Crippen LogP contribution in [0.5, 0.6) is 0 Å². The van der Waals surface area contributed by atoms with Crippen molar-refractivity contribution in [1.82, 2.24) is 0 Å². The standard InChI is InChI=1S/C23H18Cl2N2/c24-19-12-14-21(25)23(15-19)27-22(18-9-5-2-6-10-18)16-20(26-27)13-11-17-7-3-1-4-8-17/h1-15,22H,16H2/b13-11+/t22-/m0/s1. The largest absolute Gasteiger partial charge is 0.256 e. The summed E-state index contributed by atoms with van der Waals surface area (Å²) in [5.74, 6) is 0. The molecule has 0 bridgehead atoms. The average molecular weight is 393 g/mol. The molecule has 27 heavy (non-hydrogen) atoms. The van der Waals surface area contributed by atoms with Gasteiger partial charge in [-0.05, 0) is 35.4 Å². The van der Waals surface area contributed by atoms with Crippen molar-refractivity contribution >= 4 is 40.7 Å². The van der Waals surface area contributed by atoms with Gasteiger partial charge in [0.15, 0.2) is 0 Å². The van der Waals surface area contributed by atoms with Gasteiger partial charge in [0.25, 0.3) is 0 Å². The summed E-state index contributed by atoms with van der Waals surface area (Å²) in [5.41, 5.74) is 4.17. The quantitative estimate of drug-likeness (QED) is 0.465. The molecule has 4 rings (SSSR count). The Morgan fingerprint density at radius 1 is 0.852 bits per heavy atom. The molecule has 134 valence electrons. The van der Waals surface area contributed by atoms with E-state index in [9.17, 15) is 0 Å². The topological polar surface area (TPSA) is 15.6 Å². The van der Waals surface area contributed by atoms with Gasteiger partial charge in [-0.2, -0.15) is 5.10 Å². The van der Waals surface area contributed by atoms with Gasteiger partial charge in [0.05, 0.1) is 22.5 Å². The van der Waals surface area contributed by atoms with Crippen molar-refractivity contribution in [2.24, 2.45) is 5.10 Å². The van der Waals surface area contributed by atoms with Crippen molar-refractivity contribution in [3.8, 4) is 0 Å². The second-order valence-electron chi connectivity index (χ2n) is 6.41. The Bertz CT molecular complexity index is 982. The maximum Gasteiger partial charge on any atom is 0.0832 e. The van der Waals surface area contributed by atoms with Crippen molar-refractivity contribution in [2.45, 2.75) is 12.5 Å². The zero-order chi connectivity index (χ0) is 18.6. The lowest BCUT2D eigenvalue weighted by molar-refractivity contribution is 0.709. The van der Waals surface area contributed by atoms with Gasteiger partial charge < -0.3 is 0 Å². The highest BCUT2D eigenvalue weighted by Gasteiger charge is 2.29. The number of anilines is 1. The molecular formula is C23H18Cl2N2. The average Bonchev–Trinajstić information content (AvgIpc) is 3.14. The summed E-state index contributed by atoms with van der Waals surface area (Å²) in [7, 11) is 0. The van der Waals surface area contributed by atoms with E-state index in [1.807, 2.05) is 53.5 Å². The van der Waals surface area contributed by atoms with Gasteiger partial charge in [-0.15, -0.1) is 0 Å². The van der Waals surface area contributed by atoms with Crippen LogP contribution in [0, 0.1) is 0 Å². The molecule has 0 saturated heterocycles. The fourth-order valence-corrected chi connectivity index (χ4v) is 3.58. The Morgan fingerprint density at radius 3 is 2.30 bits per heavy atom. The molecule has 0 fully saturated rings. The predicted molar refractivity (Wildman–Crippen MR) is 116 cm³/mol. The van der Waals surface area contributed by atoms with Crippen LogP contribution in [0.25, 0.3) is 6.08 Å². The fourth-order valence-electron chi connectivity index (χ4n) is 3.21. The minimum absolute atomic E-state index is 0.0811. The number of hydrazone groups is 1. The zero-order valence-electron chi connectivity index (χ0n) is 14.6. The van der Waals surface area contributed by atoms with Gasteiger partial charge in [0.2, 0.25) is 0 Å². The summed E-state index contributed by atoms with van der Waals surface area (Å²) in [6, 6.07) is 26.1. The molecule has 0 saturated carbocycles. The highest BCUT2D eigenvalue weighted by atomic mass is 35.5. The molecule has 1 aliphatic rings. The van der Waals surface area contributed by atoms with E-state index in [0.29, 0.717) is 10.0 Å². The summed E-state index contributed by atoms with van der Waals surface area (Å²) in [5, 5.41) is 8.11. The van der Waals surface area contributed by atoms with Crippen LogP contribution < -0.4 is 5.01 Å². The number of hydrogen-bond donors (Lipinski definition) is 0. The third-order valence-electron chi connectivity index (χ3n) is 4.54. The maximum atomic E-state index is 6.46. The number of halogens is 2. The molecule has 3 aromatic carbocycles. The molecule has 2 nitrogen and oxygen atoms in total. The lowest BCUT2D eigenvalue weighted by Gasteiger charge is -2.25. The van der Waals surface area contributed by atoms with Crippen LogP contribution in [0.1, 0.15) is 23.6 Å². The van der Waals surface area contributed by atoms with E-state index in [2.05, 4.69) is 36.4 Å². The minimum atomic E-state index is 0.0811. The van der Waals surface area contributed by atoms with Gasteiger partial charge in [0, 0.05) is 11.4 Å². The van der Waals surface area contributed by atoms with E-state index in [0.717, 1.165) is 23.4 Å². The molecule has 0 N–H and O–H groups in total. The molecular weight excluding hydrogens is 375 g/mol. The van der Waals surface area contributed by atoms with Gasteiger partial charge in [-0.1, -0.05) is 89.9 Å². The SMILES string of the molecule is Clc1ccc(Cl)c(N2N=C(/C=C/c3ccccc3)C[C@H]2c2ccccc2)c1. The smallest absolute Gasteiger partial charge is 0.0832 e. The first-order chi connectivity index (χ1) is 13.2. The van der Waals surface area contributed by atoms with Gasteiger partial charge >= 0.3 is 0 Å². The predicted octanol–water partition coefficient (Wildman–Crippen LogP) is 7.01. The highest BCUT2D eigenvalue weighted by Crippen LogP contribution is 2.40. The van der Waals surface area contributed by atoms with Crippen LogP contribution >= 0.6 is 23.2 Å². The van der Waals surface area contributed by atoms with E-state index < -0.39 is 0 Å². The van der Waals surface area contributed by atoms with Crippen molar-refractivity contribution < 1.29 is 0 Å². The highest BCUT2D eigenvalue weighted by molar-refractivity contribution is 6.35. The van der Waals surface area contributed by atoms with E-state index in [1.54, 1.807) is 6.07 Å². The third-order valence-corrected chi connectivity index (χ3v) is 5.10. The molecule has 0 radical (unpaired) electrons. The number of benzene rings is 3. The van der Waals surface area contributed by atoms with Crippen molar-refractivity contribution in [1.29, 1.82) is 0 Å². The first-order valence-electron chi connectivity index (χ1n) is 8.80. The molecule has 1 atom stereocenters. The van der Waals surface area contributed by atoms with Gasteiger partial charge in [0.1, 0.15) is 0 Å². The Kier molecular flexibility index (Phi) is 5.28. The zero-order valence-corrected chi connectivity index (χ0v) is 16.1. The first-order valence-corrected chi connectivity index (χ1v) is 9.56. The van der Waals surface area contributed by atoms with Gasteiger partial charge in [-0.25, -0.2) is 0 Å². The number of hydrogen-bond acceptors (Lipinski definition) is 2. The number of rotatable bonds is 4. The molecule has 0 aromatic heterocycles. The summed E-state index contributed by atoms with van der Waals surface area (Å²) in [6.07, 6.45) is 4.96. The van der Waals surface area contributed by atoms with E-state index in [1.165, 1.54) is 5.56 Å². The Balaban J connectivity index is 1.70. The molecule has 0 unspecified atom stereocenters. The van der Waals surface area contributed by atoms with Crippen LogP contribution in [0.4, 0.5) is 5.69 Å². The summed E-state index contributed by atoms with van der Waals surface area (Å²) in [6.45, 7) is 0. The molecule has 4 heteroatoms. The lowest BCUT2D eigenvalue weighted by atomic mass is 10.0. The Morgan fingerprint density at radius 2 is 1.56 bits per heavy atom. The fraction of sp³-hybridized carbons (Fsp3) is 0.0870. The Labute approximate surface area is 169 Å². The monoisotopic (exact) mass is 392 g/mol. The van der Waals surface area contributed by atoms with Crippen LogP contribution in [0.2, 0.25) is 10.0 Å².